The van der Waals surface area contributed by atoms with Crippen molar-refractivity contribution in [3.05, 3.63) is 0 Å². The molecule has 2 aliphatic rings. The van der Waals surface area contributed by atoms with Gasteiger partial charge in [-0.3, -0.25) is 19.8 Å². The molecule has 1 unspecified atom stereocenters. The van der Waals surface area contributed by atoms with Crippen LogP contribution in [0.25, 0.3) is 0 Å². The maximum Gasteiger partial charge on any atom is 0.262 e. The third-order valence-corrected chi connectivity index (χ3v) is 4.58. The van der Waals surface area contributed by atoms with E-state index in [1.807, 2.05) is 20.8 Å². The highest BCUT2D eigenvalue weighted by Crippen LogP contribution is 2.25. The van der Waals surface area contributed by atoms with E-state index in [2.05, 4.69) is 20.9 Å². The van der Waals surface area contributed by atoms with Crippen LogP contribution in [0, 0.1) is 5.92 Å². The number of halogens is 4. The van der Waals surface area contributed by atoms with Crippen molar-refractivity contribution >= 4 is 36.6 Å². The van der Waals surface area contributed by atoms with E-state index in [-0.39, 0.29) is 42.2 Å². The van der Waals surface area contributed by atoms with E-state index in [1.54, 1.807) is 0 Å². The van der Waals surface area contributed by atoms with Crippen LogP contribution in [0.5, 0.6) is 0 Å². The number of alkyl halides is 2. The second-order valence-corrected chi connectivity index (χ2v) is 8.26. The largest absolute Gasteiger partial charge is 0.354 e. The summed E-state index contributed by atoms with van der Waals surface area (Å²) in [5, 5.41) is 8.30. The lowest BCUT2D eigenvalue weighted by Gasteiger charge is -2.32. The van der Waals surface area contributed by atoms with Gasteiger partial charge in [0.1, 0.15) is 0 Å². The number of carbonyl (C=O) groups is 2. The minimum Gasteiger partial charge on any atom is -0.354 e. The lowest BCUT2D eigenvalue weighted by Crippen LogP contribution is -2.48. The summed E-state index contributed by atoms with van der Waals surface area (Å²) < 4.78 is 26.2. The quantitative estimate of drug-likeness (QED) is 0.616. The molecule has 3 N–H and O–H groups in total. The molecule has 1 atom stereocenters. The van der Waals surface area contributed by atoms with E-state index in [0.29, 0.717) is 19.0 Å². The van der Waals surface area contributed by atoms with Gasteiger partial charge in [-0.05, 0) is 52.6 Å². The van der Waals surface area contributed by atoms with Gasteiger partial charge in [0, 0.05) is 18.5 Å². The van der Waals surface area contributed by atoms with E-state index in [4.69, 9.17) is 0 Å². The first-order chi connectivity index (χ1) is 11.5. The standard InChI is InChI=1S/C17H30F2N4O2.2ClH/c1-16(2,3)22-14(24)10-23-6-4-12(5-7-23)9-20-15(25)13-8-17(18,19)11-21-13;;/h12-13,21H,4-11H2,1-3H3,(H,20,25)(H,22,24);2*1H. The molecule has 0 bridgehead atoms. The average molecular weight is 433 g/mol. The molecule has 0 aromatic heterocycles. The minimum atomic E-state index is -2.79. The van der Waals surface area contributed by atoms with Crippen molar-refractivity contribution in [1.82, 2.24) is 20.9 Å². The molecule has 6 nitrogen and oxygen atoms in total. The summed E-state index contributed by atoms with van der Waals surface area (Å²) in [5.41, 5.74) is -0.231. The molecule has 160 valence electrons. The van der Waals surface area contributed by atoms with Gasteiger partial charge < -0.3 is 10.6 Å². The Morgan fingerprint density at radius 1 is 1.19 bits per heavy atom. The number of hydrogen-bond donors (Lipinski definition) is 3. The third-order valence-electron chi connectivity index (χ3n) is 4.58. The molecule has 2 rings (SSSR count). The molecule has 2 aliphatic heterocycles. The van der Waals surface area contributed by atoms with Crippen molar-refractivity contribution in [3.63, 3.8) is 0 Å². The van der Waals surface area contributed by atoms with E-state index in [1.165, 1.54) is 0 Å². The molecular weight excluding hydrogens is 401 g/mol. The van der Waals surface area contributed by atoms with Gasteiger partial charge in [-0.1, -0.05) is 0 Å². The van der Waals surface area contributed by atoms with Gasteiger partial charge in [-0.2, -0.15) is 0 Å². The molecule has 0 radical (unpaired) electrons. The summed E-state index contributed by atoms with van der Waals surface area (Å²) in [7, 11) is 0. The van der Waals surface area contributed by atoms with Crippen molar-refractivity contribution in [2.45, 2.75) is 57.5 Å². The third kappa shape index (κ3) is 9.36. The van der Waals surface area contributed by atoms with Gasteiger partial charge in [0.25, 0.3) is 5.92 Å². The van der Waals surface area contributed by atoms with Crippen LogP contribution < -0.4 is 16.0 Å². The van der Waals surface area contributed by atoms with E-state index < -0.39 is 24.9 Å². The summed E-state index contributed by atoms with van der Waals surface area (Å²) >= 11 is 0. The van der Waals surface area contributed by atoms with Crippen LogP contribution >= 0.6 is 24.8 Å². The Hall–Kier alpha value is -0.700. The summed E-state index contributed by atoms with van der Waals surface area (Å²) in [5.74, 6) is -2.79. The fraction of sp³-hybridized carbons (Fsp3) is 0.882. The Morgan fingerprint density at radius 2 is 1.78 bits per heavy atom. The number of carbonyl (C=O) groups excluding carboxylic acids is 2. The molecule has 0 spiro atoms. The summed E-state index contributed by atoms with van der Waals surface area (Å²) in [4.78, 5) is 26.0. The molecule has 0 aromatic rings. The van der Waals surface area contributed by atoms with Crippen molar-refractivity contribution in [1.29, 1.82) is 0 Å². The molecule has 2 saturated heterocycles. The monoisotopic (exact) mass is 432 g/mol. The SMILES string of the molecule is CC(C)(C)NC(=O)CN1CCC(CNC(=O)C2CC(F)(F)CN2)CC1.Cl.Cl. The molecule has 0 aromatic carbocycles. The summed E-state index contributed by atoms with van der Waals surface area (Å²) in [6, 6.07) is -0.795. The number of hydrogen-bond acceptors (Lipinski definition) is 4. The van der Waals surface area contributed by atoms with Crippen molar-refractivity contribution in [3.8, 4) is 0 Å². The Balaban J connectivity index is 0.00000338. The molecular formula is C17H32Cl2F2N4O2. The summed E-state index contributed by atoms with van der Waals surface area (Å²) in [6.45, 7) is 7.93. The van der Waals surface area contributed by atoms with Crippen molar-refractivity contribution < 1.29 is 18.4 Å². The topological polar surface area (TPSA) is 73.5 Å². The molecule has 2 fully saturated rings. The zero-order chi connectivity index (χ0) is 18.7. The van der Waals surface area contributed by atoms with Gasteiger partial charge in [-0.15, -0.1) is 24.8 Å². The number of rotatable bonds is 5. The van der Waals surface area contributed by atoms with Crippen LogP contribution in [-0.2, 0) is 9.59 Å². The van der Waals surface area contributed by atoms with Crippen LogP contribution in [0.15, 0.2) is 0 Å². The van der Waals surface area contributed by atoms with Crippen molar-refractivity contribution in [2.75, 3.05) is 32.7 Å². The van der Waals surface area contributed by atoms with Crippen molar-refractivity contribution in [2.24, 2.45) is 5.92 Å². The van der Waals surface area contributed by atoms with Gasteiger partial charge in [-0.25, -0.2) is 8.78 Å². The van der Waals surface area contributed by atoms with Crippen LogP contribution in [-0.4, -0.2) is 66.9 Å². The van der Waals surface area contributed by atoms with Gasteiger partial charge in [0.05, 0.1) is 19.1 Å². The van der Waals surface area contributed by atoms with E-state index >= 15 is 0 Å². The first-order valence-corrected chi connectivity index (χ1v) is 8.96. The normalized spacial score (nSPS) is 23.1. The molecule has 27 heavy (non-hydrogen) atoms. The minimum absolute atomic E-state index is 0. The smallest absolute Gasteiger partial charge is 0.262 e. The first kappa shape index (κ1) is 26.3. The van der Waals surface area contributed by atoms with Crippen LogP contribution in [0.2, 0.25) is 0 Å². The zero-order valence-electron chi connectivity index (χ0n) is 16.1. The summed E-state index contributed by atoms with van der Waals surface area (Å²) in [6.07, 6.45) is 1.34. The zero-order valence-corrected chi connectivity index (χ0v) is 17.8. The Kier molecular flexibility index (Phi) is 10.5. The predicted molar refractivity (Wildman–Crippen MR) is 106 cm³/mol. The van der Waals surface area contributed by atoms with Crippen LogP contribution in [0.4, 0.5) is 8.78 Å². The molecule has 2 heterocycles. The second-order valence-electron chi connectivity index (χ2n) is 8.26. The Bertz CT molecular complexity index is 496. The number of nitrogens with one attached hydrogen (secondary N) is 3. The molecule has 0 aliphatic carbocycles. The predicted octanol–water partition coefficient (Wildman–Crippen LogP) is 1.57. The molecule has 0 saturated carbocycles. The molecule has 2 amide bonds. The molecule has 10 heteroatoms. The number of piperidine rings is 1. The van der Waals surface area contributed by atoms with E-state index in [0.717, 1.165) is 25.9 Å². The second kappa shape index (κ2) is 10.7. The van der Waals surface area contributed by atoms with Gasteiger partial charge >= 0.3 is 0 Å². The maximum atomic E-state index is 13.1. The average Bonchev–Trinajstić information content (AvgIpc) is 2.84. The van der Waals surface area contributed by atoms with Crippen LogP contribution in [0.1, 0.15) is 40.0 Å². The fourth-order valence-electron chi connectivity index (χ4n) is 3.28. The Morgan fingerprint density at radius 3 is 2.26 bits per heavy atom. The highest BCUT2D eigenvalue weighted by molar-refractivity contribution is 5.85. The van der Waals surface area contributed by atoms with Crippen LogP contribution in [0.3, 0.4) is 0 Å². The first-order valence-electron chi connectivity index (χ1n) is 8.96. The number of nitrogens with zero attached hydrogens (tertiary/aromatic N) is 1. The van der Waals surface area contributed by atoms with Gasteiger partial charge in [0.2, 0.25) is 11.8 Å². The maximum absolute atomic E-state index is 13.1. The fourth-order valence-corrected chi connectivity index (χ4v) is 3.28. The number of amides is 2. The highest BCUT2D eigenvalue weighted by atomic mass is 35.5. The Labute approximate surface area is 172 Å². The lowest BCUT2D eigenvalue weighted by atomic mass is 9.96. The highest BCUT2D eigenvalue weighted by Gasteiger charge is 2.42. The van der Waals surface area contributed by atoms with E-state index in [9.17, 15) is 18.4 Å². The lowest BCUT2D eigenvalue weighted by molar-refractivity contribution is -0.124. The van der Waals surface area contributed by atoms with Gasteiger partial charge in [0.15, 0.2) is 0 Å². The number of likely N-dealkylation sites (tertiary alicyclic amines) is 1.